The molecule has 3 amide bonds. The van der Waals surface area contributed by atoms with Gasteiger partial charge in [0.15, 0.2) is 10.8 Å². The Morgan fingerprint density at radius 3 is 2.80 bits per heavy atom. The highest BCUT2D eigenvalue weighted by molar-refractivity contribution is 8.07. The average molecular weight is 658 g/mol. The first-order valence-corrected chi connectivity index (χ1v) is 15.3. The van der Waals surface area contributed by atoms with Gasteiger partial charge in [-0.3, -0.25) is 29.7 Å². The normalized spacial score (nSPS) is 19.1. The minimum atomic E-state index is -1.31. The molecule has 0 aliphatic carbocycles. The third-order valence-corrected chi connectivity index (χ3v) is 10.5. The number of aliphatic carboxylic acids is 1. The number of carboxylic acids is 1. The van der Waals surface area contributed by atoms with E-state index < -0.39 is 41.1 Å². The SMILES string of the molecule is N=CNC(CSc1cnccc1SC1=C(C(=O)O)N2C(=O)[C@@H](NC(=O)/C(=N\O)c3nc(N)sc3Cl)[C@@H]2SC1)NC=O. The van der Waals surface area contributed by atoms with Crippen molar-refractivity contribution >= 4 is 99.6 Å². The fraction of sp³-hybridized carbons (Fsp3) is 0.238. The van der Waals surface area contributed by atoms with E-state index in [9.17, 15) is 29.5 Å². The van der Waals surface area contributed by atoms with Gasteiger partial charge in [-0.15, -0.1) is 23.5 Å². The van der Waals surface area contributed by atoms with Crippen molar-refractivity contribution < 1.29 is 29.5 Å². The van der Waals surface area contributed by atoms with Crippen LogP contribution in [-0.2, 0) is 19.2 Å². The Bertz CT molecular complexity index is 1440. The lowest BCUT2D eigenvalue weighted by molar-refractivity contribution is -0.150. The Labute approximate surface area is 253 Å². The molecule has 2 aromatic rings. The van der Waals surface area contributed by atoms with Crippen molar-refractivity contribution in [1.82, 2.24) is 30.8 Å². The van der Waals surface area contributed by atoms with E-state index in [1.807, 2.05) is 0 Å². The Morgan fingerprint density at radius 2 is 2.17 bits per heavy atom. The zero-order valence-electron chi connectivity index (χ0n) is 20.4. The number of pyridine rings is 1. The number of rotatable bonds is 13. The van der Waals surface area contributed by atoms with Gasteiger partial charge < -0.3 is 32.0 Å². The van der Waals surface area contributed by atoms with Gasteiger partial charge in [-0.05, 0) is 6.07 Å². The number of nitrogen functional groups attached to an aromatic ring is 1. The van der Waals surface area contributed by atoms with Crippen molar-refractivity contribution in [2.75, 3.05) is 17.2 Å². The molecule has 20 heteroatoms. The van der Waals surface area contributed by atoms with E-state index in [4.69, 9.17) is 22.7 Å². The number of hydrogen-bond donors (Lipinski definition) is 7. The third kappa shape index (κ3) is 6.53. The number of nitrogens with zero attached hydrogens (tertiary/aromatic N) is 4. The first kappa shape index (κ1) is 30.4. The highest BCUT2D eigenvalue weighted by Crippen LogP contribution is 2.46. The summed E-state index contributed by atoms with van der Waals surface area (Å²) >= 11 is 10.6. The fourth-order valence-corrected chi connectivity index (χ4v) is 8.31. The largest absolute Gasteiger partial charge is 0.477 e. The van der Waals surface area contributed by atoms with Gasteiger partial charge in [0.05, 0.1) is 6.34 Å². The Kier molecular flexibility index (Phi) is 9.97. The topological polar surface area (TPSA) is 236 Å². The van der Waals surface area contributed by atoms with E-state index >= 15 is 0 Å². The predicted octanol–water partition coefficient (Wildman–Crippen LogP) is 0.801. The van der Waals surface area contributed by atoms with Crippen LogP contribution in [0.4, 0.5) is 5.13 Å². The van der Waals surface area contributed by atoms with E-state index in [-0.39, 0.29) is 26.6 Å². The number of anilines is 1. The second kappa shape index (κ2) is 13.4. The van der Waals surface area contributed by atoms with Crippen molar-refractivity contribution in [1.29, 1.82) is 5.41 Å². The monoisotopic (exact) mass is 657 g/mol. The van der Waals surface area contributed by atoms with Crippen LogP contribution in [-0.4, -0.2) is 90.5 Å². The minimum Gasteiger partial charge on any atom is -0.477 e. The summed E-state index contributed by atoms with van der Waals surface area (Å²) in [7, 11) is 0. The number of aromatic nitrogens is 2. The molecule has 3 atom stereocenters. The minimum absolute atomic E-state index is 0.0203. The number of carbonyl (C=O) groups is 4. The van der Waals surface area contributed by atoms with Gasteiger partial charge in [0.1, 0.15) is 33.3 Å². The van der Waals surface area contributed by atoms with Crippen LogP contribution in [0.25, 0.3) is 0 Å². The Balaban J connectivity index is 1.51. The molecule has 1 saturated heterocycles. The van der Waals surface area contributed by atoms with Crippen LogP contribution in [0.5, 0.6) is 0 Å². The summed E-state index contributed by atoms with van der Waals surface area (Å²) in [5.41, 5.74) is 4.70. The number of amides is 3. The lowest BCUT2D eigenvalue weighted by Crippen LogP contribution is -2.71. The second-order valence-corrected chi connectivity index (χ2v) is 12.9. The molecule has 2 aliphatic rings. The number of thiazole rings is 1. The molecule has 1 fully saturated rings. The molecule has 8 N–H and O–H groups in total. The number of β-lactam (4-membered cyclic amide) rings is 1. The molecule has 41 heavy (non-hydrogen) atoms. The molecule has 1 unspecified atom stereocenters. The van der Waals surface area contributed by atoms with Gasteiger partial charge in [0.2, 0.25) is 6.41 Å². The Morgan fingerprint density at radius 1 is 1.39 bits per heavy atom. The molecule has 4 heterocycles. The van der Waals surface area contributed by atoms with Crippen molar-refractivity contribution in [2.45, 2.75) is 27.4 Å². The fourth-order valence-electron chi connectivity index (χ4n) is 3.74. The number of halogens is 1. The first-order valence-electron chi connectivity index (χ1n) is 11.3. The number of oxime groups is 1. The van der Waals surface area contributed by atoms with E-state index in [0.717, 1.165) is 22.6 Å². The standard InChI is InChI=1S/C21H20ClN9O6S4/c22-16-12(29-21(24)41-16)13(30-37)17(33)28-14-18(34)31-15(20(35)36)10(4-39-19(14)31)40-8-1-2-25-3-9(8)38-5-11(26-6-23)27-7-32/h1-3,6-7,11,14,19,37H,4-5H2,(H2,23,26)(H2,24,29)(H,27,32)(H,28,33)(H,35,36)/b30-13-/t11?,14-,19+/m1/s1. The zero-order chi connectivity index (χ0) is 29.7. The third-order valence-electron chi connectivity index (χ3n) is 5.50. The van der Waals surface area contributed by atoms with Crippen LogP contribution in [0.3, 0.4) is 0 Å². The summed E-state index contributed by atoms with van der Waals surface area (Å²) in [6, 6.07) is 0.616. The molecule has 0 saturated carbocycles. The molecule has 0 bridgehead atoms. The molecule has 0 radical (unpaired) electrons. The van der Waals surface area contributed by atoms with Gasteiger partial charge >= 0.3 is 5.97 Å². The number of thioether (sulfide) groups is 3. The maximum atomic E-state index is 13.1. The van der Waals surface area contributed by atoms with Crippen molar-refractivity contribution in [3.63, 3.8) is 0 Å². The summed E-state index contributed by atoms with van der Waals surface area (Å²) in [5.74, 6) is -2.33. The van der Waals surface area contributed by atoms with Gasteiger partial charge in [-0.1, -0.05) is 39.9 Å². The lowest BCUT2D eigenvalue weighted by atomic mass is 10.0. The van der Waals surface area contributed by atoms with Crippen molar-refractivity contribution in [3.05, 3.63) is 39.1 Å². The number of nitrogens with two attached hydrogens (primary N) is 1. The molecule has 15 nitrogen and oxygen atoms in total. The van der Waals surface area contributed by atoms with Crippen LogP contribution < -0.4 is 21.7 Å². The van der Waals surface area contributed by atoms with Crippen LogP contribution >= 0.6 is 58.2 Å². The lowest BCUT2D eigenvalue weighted by Gasteiger charge is -2.49. The summed E-state index contributed by atoms with van der Waals surface area (Å²) in [5, 5.41) is 36.6. The molecular formula is C21H20ClN9O6S4. The Hall–Kier alpha value is -3.52. The van der Waals surface area contributed by atoms with E-state index in [1.54, 1.807) is 18.5 Å². The van der Waals surface area contributed by atoms with E-state index in [2.05, 4.69) is 31.1 Å². The smallest absolute Gasteiger partial charge is 0.353 e. The predicted molar refractivity (Wildman–Crippen MR) is 155 cm³/mol. The molecule has 4 rings (SSSR count). The molecule has 2 aromatic heterocycles. The average Bonchev–Trinajstić information content (AvgIpc) is 3.28. The highest BCUT2D eigenvalue weighted by atomic mass is 35.5. The van der Waals surface area contributed by atoms with Gasteiger partial charge in [-0.2, -0.15) is 0 Å². The summed E-state index contributed by atoms with van der Waals surface area (Å²) < 4.78 is 0.0203. The molecule has 2 aliphatic heterocycles. The first-order chi connectivity index (χ1) is 19.7. The number of carboxylic acid groups (broad SMARTS) is 1. The van der Waals surface area contributed by atoms with E-state index in [1.165, 1.54) is 35.3 Å². The second-order valence-electron chi connectivity index (χ2n) is 7.94. The van der Waals surface area contributed by atoms with Gasteiger partial charge in [0.25, 0.3) is 11.8 Å². The van der Waals surface area contributed by atoms with Gasteiger partial charge in [-0.25, -0.2) is 9.78 Å². The van der Waals surface area contributed by atoms with Crippen LogP contribution in [0.1, 0.15) is 5.69 Å². The molecule has 0 spiro atoms. The number of nitrogens with one attached hydrogen (secondary N) is 4. The van der Waals surface area contributed by atoms with Crippen LogP contribution in [0.15, 0.2) is 44.0 Å². The zero-order valence-corrected chi connectivity index (χ0v) is 24.5. The van der Waals surface area contributed by atoms with Crippen molar-refractivity contribution in [2.24, 2.45) is 5.16 Å². The number of fused-ring (bicyclic) bond motifs is 1. The van der Waals surface area contributed by atoms with E-state index in [0.29, 0.717) is 26.9 Å². The van der Waals surface area contributed by atoms with Crippen LogP contribution in [0, 0.1) is 5.41 Å². The molecular weight excluding hydrogens is 638 g/mol. The maximum Gasteiger partial charge on any atom is 0.353 e. The molecule has 0 aromatic carbocycles. The summed E-state index contributed by atoms with van der Waals surface area (Å²) in [6.45, 7) is 0. The number of carbonyl (C=O) groups excluding carboxylic acids is 3. The quantitative estimate of drug-likeness (QED) is 0.0231. The number of hydrogen-bond acceptors (Lipinski definition) is 14. The van der Waals surface area contributed by atoms with Gasteiger partial charge in [0, 0.05) is 38.6 Å². The van der Waals surface area contributed by atoms with Crippen LogP contribution in [0.2, 0.25) is 4.34 Å². The summed E-state index contributed by atoms with van der Waals surface area (Å²) in [6.07, 6.45) is 4.10. The van der Waals surface area contributed by atoms with Crippen molar-refractivity contribution in [3.8, 4) is 0 Å². The molecule has 216 valence electrons. The summed E-state index contributed by atoms with van der Waals surface area (Å²) in [4.78, 5) is 59.9. The maximum absolute atomic E-state index is 13.1. The highest BCUT2D eigenvalue weighted by Gasteiger charge is 2.54.